The van der Waals surface area contributed by atoms with Crippen LogP contribution < -0.4 is 21.1 Å². The number of hydrogen-bond donors (Lipinski definition) is 0. The van der Waals surface area contributed by atoms with Crippen LogP contribution in [0.15, 0.2) is 195 Å². The molecule has 0 heterocycles. The van der Waals surface area contributed by atoms with Crippen molar-refractivity contribution in [2.45, 2.75) is 0 Å². The molecule has 0 unspecified atom stereocenters. The van der Waals surface area contributed by atoms with E-state index in [0.29, 0.717) is 13.2 Å². The maximum atomic E-state index is 3.25. The fourth-order valence-corrected chi connectivity index (χ4v) is 17.5. The van der Waals surface area contributed by atoms with Gasteiger partial charge in [0.05, 0.1) is 0 Å². The summed E-state index contributed by atoms with van der Waals surface area (Å²) in [6, 6.07) is 65.8. The van der Waals surface area contributed by atoms with Gasteiger partial charge >= 0.3 is 284 Å². The minimum absolute atomic E-state index is 0.455. The maximum absolute atomic E-state index is 3.25. The van der Waals surface area contributed by atoms with E-state index in [4.69, 9.17) is 0 Å². The van der Waals surface area contributed by atoms with Crippen LogP contribution in [0.4, 0.5) is 0 Å². The Bertz CT molecular complexity index is 1250. The van der Waals surface area contributed by atoms with Crippen LogP contribution in [0.3, 0.4) is 0 Å². The Labute approximate surface area is 299 Å². The molecule has 6 aromatic carbocycles. The fraction of sp³-hybridized carbons (Fsp3) is 0. The van der Waals surface area contributed by atoms with E-state index in [2.05, 4.69) is 223 Å². The second kappa shape index (κ2) is 22.7. The molecule has 1 radical (unpaired) electrons. The Hall–Kier alpha value is -1.72. The third kappa shape index (κ3) is 12.6. The summed E-state index contributed by atoms with van der Waals surface area (Å²) in [5, 5.41) is 0. The average molecular weight is 1010 g/mol. The molecule has 44 heavy (non-hydrogen) atoms. The molecule has 0 aliphatic carbocycles. The molecule has 0 saturated heterocycles. The Morgan fingerprint density at radius 3 is 0.591 bits per heavy atom. The second-order valence-corrected chi connectivity index (χ2v) is 29.3. The number of hydrogen-bond acceptors (Lipinski definition) is 0. The molecule has 224 valence electrons. The van der Waals surface area contributed by atoms with Crippen LogP contribution >= 0.6 is 27.2 Å². The molecule has 0 bridgehead atoms. The predicted octanol–water partition coefficient (Wildman–Crippen LogP) is 7.10. The van der Waals surface area contributed by atoms with Crippen molar-refractivity contribution in [3.8, 4) is 0 Å². The van der Waals surface area contributed by atoms with Gasteiger partial charge in [-0.25, -0.2) is 0 Å². The molecular formula is C39H35Br2RhSb2. The van der Waals surface area contributed by atoms with Gasteiger partial charge in [-0.3, -0.25) is 0 Å². The van der Waals surface area contributed by atoms with E-state index in [1.54, 1.807) is 0 Å². The summed E-state index contributed by atoms with van der Waals surface area (Å²) >= 11 is 3.07. The van der Waals surface area contributed by atoms with Crippen LogP contribution in [0.2, 0.25) is 0 Å². The Morgan fingerprint density at radius 1 is 0.364 bits per heavy atom. The van der Waals surface area contributed by atoms with Gasteiger partial charge < -0.3 is 0 Å². The standard InChI is InChI=1S/6C6H5.C3H5.2BrH.Rh.2Sb/c6*1-2-4-6-5-3-1;1-3-2;;;;;/h6*1-5H;3H,1-2H2;2*1H;;;/q;;;;;;;;;+2;;/p-2. The molecule has 0 aromatic heterocycles. The van der Waals surface area contributed by atoms with Crippen molar-refractivity contribution in [1.82, 2.24) is 0 Å². The topological polar surface area (TPSA) is 0 Å². The van der Waals surface area contributed by atoms with Crippen molar-refractivity contribution in [2.24, 2.45) is 0 Å². The molecule has 0 spiro atoms. The van der Waals surface area contributed by atoms with Crippen LogP contribution in [0.25, 0.3) is 0 Å². The van der Waals surface area contributed by atoms with Crippen LogP contribution in [0, 0.1) is 6.92 Å². The average Bonchev–Trinajstić information content (AvgIpc) is 3.09. The van der Waals surface area contributed by atoms with Crippen molar-refractivity contribution < 1.29 is 13.2 Å². The van der Waals surface area contributed by atoms with Gasteiger partial charge in [-0.05, 0) is 6.92 Å². The molecule has 0 aliphatic rings. The molecule has 0 N–H and O–H groups in total. The summed E-state index contributed by atoms with van der Waals surface area (Å²) in [5.74, 6) is 0. The molecule has 0 atom stereocenters. The van der Waals surface area contributed by atoms with E-state index >= 15 is 0 Å². The zero-order chi connectivity index (χ0) is 31.2. The van der Waals surface area contributed by atoms with Crippen molar-refractivity contribution in [2.75, 3.05) is 0 Å². The zero-order valence-corrected chi connectivity index (χ0v) is 34.2. The Morgan fingerprint density at radius 2 is 0.477 bits per heavy atom. The first-order valence-corrected chi connectivity index (χ1v) is 29.0. The van der Waals surface area contributed by atoms with Crippen molar-refractivity contribution in [3.63, 3.8) is 0 Å². The molecular weight excluding hydrogens is 975 g/mol. The monoisotopic (exact) mass is 1010 g/mol. The van der Waals surface area contributed by atoms with Crippen molar-refractivity contribution in [1.29, 1.82) is 0 Å². The first kappa shape index (κ1) is 36.7. The van der Waals surface area contributed by atoms with Gasteiger partial charge in [0.15, 0.2) is 0 Å². The van der Waals surface area contributed by atoms with Crippen molar-refractivity contribution in [3.05, 3.63) is 202 Å². The predicted molar refractivity (Wildman–Crippen MR) is 201 cm³/mol. The van der Waals surface area contributed by atoms with E-state index in [0.717, 1.165) is 0 Å². The molecule has 6 aromatic rings. The van der Waals surface area contributed by atoms with Crippen molar-refractivity contribution >= 4 is 88.7 Å². The van der Waals surface area contributed by atoms with E-state index in [1.165, 1.54) is 27.1 Å². The van der Waals surface area contributed by atoms with E-state index in [-0.39, 0.29) is 0 Å². The van der Waals surface area contributed by atoms with Crippen LogP contribution in [-0.4, -0.2) is 40.4 Å². The van der Waals surface area contributed by atoms with Gasteiger partial charge in [0.2, 0.25) is 0 Å². The normalized spacial score (nSPS) is 9.93. The van der Waals surface area contributed by atoms with E-state index in [1.807, 2.05) is 0 Å². The molecule has 0 fully saturated rings. The Balaban J connectivity index is 0.000000204. The quantitative estimate of drug-likeness (QED) is 0.157. The van der Waals surface area contributed by atoms with E-state index in [9.17, 15) is 0 Å². The minimum atomic E-state index is -1.83. The molecule has 0 amide bonds. The van der Waals surface area contributed by atoms with Gasteiger partial charge in [0.1, 0.15) is 0 Å². The van der Waals surface area contributed by atoms with Gasteiger partial charge in [-0.15, -0.1) is 6.58 Å². The van der Waals surface area contributed by atoms with Gasteiger partial charge in [0, 0.05) is 0 Å². The summed E-state index contributed by atoms with van der Waals surface area (Å²) in [6.45, 7) is 6.50. The zero-order valence-electron chi connectivity index (χ0n) is 24.3. The molecule has 6 rings (SSSR count). The molecule has 0 nitrogen and oxygen atoms in total. The molecule has 0 aliphatic heterocycles. The van der Waals surface area contributed by atoms with E-state index < -0.39 is 40.4 Å². The number of halogens is 2. The van der Waals surface area contributed by atoms with Gasteiger partial charge in [-0.2, -0.15) is 0 Å². The first-order chi connectivity index (χ1) is 21.7. The second-order valence-electron chi connectivity index (χ2n) is 9.02. The third-order valence-corrected chi connectivity index (χ3v) is 20.0. The number of allylic oxidation sites excluding steroid dienone is 1. The fourth-order valence-electron chi connectivity index (χ4n) is 4.36. The number of benzene rings is 6. The summed E-state index contributed by atoms with van der Waals surface area (Å²) in [5.41, 5.74) is 0. The third-order valence-electron chi connectivity index (χ3n) is 6.09. The van der Waals surface area contributed by atoms with Crippen LogP contribution in [0.1, 0.15) is 0 Å². The van der Waals surface area contributed by atoms with Crippen LogP contribution in [-0.2, 0) is 13.2 Å². The SMILES string of the molecule is [Br][Rh][Br].[CH2]C=C.c1cc[c]([Sb]([c]2ccccc2)[c]2ccccc2)cc1.c1cc[c]([Sb]([c]2ccccc2)[c]2ccccc2)cc1. The van der Waals surface area contributed by atoms with Gasteiger partial charge in [0.25, 0.3) is 0 Å². The first-order valence-electron chi connectivity index (χ1n) is 13.9. The summed E-state index contributed by atoms with van der Waals surface area (Å²) in [4.78, 5) is 0. The summed E-state index contributed by atoms with van der Waals surface area (Å²) in [7, 11) is 0. The molecule has 5 heteroatoms. The molecule has 0 saturated carbocycles. The van der Waals surface area contributed by atoms with Gasteiger partial charge in [-0.1, -0.05) is 6.08 Å². The van der Waals surface area contributed by atoms with Crippen LogP contribution in [0.5, 0.6) is 0 Å². The number of rotatable bonds is 6. The summed E-state index contributed by atoms with van der Waals surface area (Å²) < 4.78 is 9.10. The Kier molecular flexibility index (Phi) is 19.0. The summed E-state index contributed by atoms with van der Waals surface area (Å²) in [6.07, 6.45) is 1.50.